The molecular formula is C82H48N6. The summed E-state index contributed by atoms with van der Waals surface area (Å²) in [6.45, 7) is 0. The van der Waals surface area contributed by atoms with Gasteiger partial charge in [0.2, 0.25) is 0 Å². The Kier molecular flexibility index (Phi) is 11.2. The summed E-state index contributed by atoms with van der Waals surface area (Å²) in [5.74, 6) is 1.36. The number of rotatable bonds is 9. The molecule has 0 fully saturated rings. The minimum Gasteiger partial charge on any atom is -0.256 e. The number of nitrogens with zero attached hydrogens (tertiary/aromatic N) is 6. The van der Waals surface area contributed by atoms with Crippen LogP contribution < -0.4 is 0 Å². The van der Waals surface area contributed by atoms with Crippen molar-refractivity contribution in [2.24, 2.45) is 0 Å². The van der Waals surface area contributed by atoms with Gasteiger partial charge in [0.25, 0.3) is 0 Å². The van der Waals surface area contributed by atoms with Gasteiger partial charge < -0.3 is 0 Å². The fourth-order valence-electron chi connectivity index (χ4n) is 13.4. The molecule has 18 rings (SSSR count). The van der Waals surface area contributed by atoms with Crippen LogP contribution in [-0.4, -0.2) is 29.9 Å². The van der Waals surface area contributed by atoms with Crippen LogP contribution in [0, 0.1) is 0 Å². The van der Waals surface area contributed by atoms with Gasteiger partial charge in [-0.15, -0.1) is 0 Å². The van der Waals surface area contributed by atoms with E-state index in [2.05, 4.69) is 255 Å². The number of para-hydroxylation sites is 2. The second kappa shape index (κ2) is 19.9. The van der Waals surface area contributed by atoms with Gasteiger partial charge in [-0.2, -0.15) is 0 Å². The number of benzene rings is 14. The van der Waals surface area contributed by atoms with E-state index in [9.17, 15) is 0 Å². The Bertz CT molecular complexity index is 5390. The van der Waals surface area contributed by atoms with E-state index in [0.29, 0.717) is 11.6 Å². The van der Waals surface area contributed by atoms with Gasteiger partial charge in [-0.05, 0) is 135 Å². The monoisotopic (exact) mass is 1120 g/mol. The van der Waals surface area contributed by atoms with Crippen molar-refractivity contribution in [2.75, 3.05) is 0 Å². The second-order valence-electron chi connectivity index (χ2n) is 23.0. The molecule has 18 aromatic rings. The lowest BCUT2D eigenvalue weighted by atomic mass is 9.91. The van der Waals surface area contributed by atoms with Crippen molar-refractivity contribution in [1.29, 1.82) is 0 Å². The summed E-state index contributed by atoms with van der Waals surface area (Å²) in [6.07, 6.45) is 3.91. The van der Waals surface area contributed by atoms with Crippen LogP contribution in [0.4, 0.5) is 0 Å². The third kappa shape index (κ3) is 8.33. The van der Waals surface area contributed by atoms with E-state index < -0.39 is 0 Å². The van der Waals surface area contributed by atoms with Crippen LogP contribution in [0.3, 0.4) is 0 Å². The summed E-state index contributed by atoms with van der Waals surface area (Å²) in [7, 11) is 0. The highest BCUT2D eigenvalue weighted by Gasteiger charge is 2.20. The number of pyridine rings is 2. The predicted molar refractivity (Wildman–Crippen MR) is 365 cm³/mol. The summed E-state index contributed by atoms with van der Waals surface area (Å²) in [4.78, 5) is 31.1. The van der Waals surface area contributed by atoms with Gasteiger partial charge in [0, 0.05) is 67.7 Å². The standard InChI is InChI=1S/C82H48N6/c1-3-13-71-63(7-1)43-65(47-83-71)51-19-27-55(28-20-51)75-45-73(85-81(87-75)69-41-37-61-33-31-57-9-5-11-59-35-39-67(69)79(61)77(57)59)53-23-15-49(16-24-53)50-17-25-54(26-18-50)74-46-76(56-29-21-52(22-30-56)66-44-64-8-2-4-14-72(64)84-48-66)88-82(86-74)70-42-38-62-34-32-58-10-6-12-60-36-40-68(70)80(62)78(58)60/h1-48H. The van der Waals surface area contributed by atoms with Crippen molar-refractivity contribution in [2.45, 2.75) is 0 Å². The van der Waals surface area contributed by atoms with Crippen LogP contribution in [0.25, 0.3) is 188 Å². The average Bonchev–Trinajstić information content (AvgIpc) is 1.22. The second-order valence-corrected chi connectivity index (χ2v) is 23.0. The first-order chi connectivity index (χ1) is 43.5. The molecule has 0 unspecified atom stereocenters. The molecule has 0 aliphatic carbocycles. The molecule has 0 saturated heterocycles. The third-order valence-electron chi connectivity index (χ3n) is 17.9. The van der Waals surface area contributed by atoms with E-state index in [4.69, 9.17) is 29.9 Å². The quantitative estimate of drug-likeness (QED) is 0.134. The van der Waals surface area contributed by atoms with E-state index in [1.807, 2.05) is 36.7 Å². The fourth-order valence-corrected chi connectivity index (χ4v) is 13.4. The highest BCUT2D eigenvalue weighted by molar-refractivity contribution is 6.26. The van der Waals surface area contributed by atoms with E-state index in [-0.39, 0.29) is 0 Å². The van der Waals surface area contributed by atoms with Gasteiger partial charge in [0.1, 0.15) is 0 Å². The van der Waals surface area contributed by atoms with Crippen LogP contribution in [0.2, 0.25) is 0 Å². The summed E-state index contributed by atoms with van der Waals surface area (Å²) in [5.41, 5.74) is 17.8. The van der Waals surface area contributed by atoms with Crippen LogP contribution in [0.15, 0.2) is 291 Å². The summed E-state index contributed by atoms with van der Waals surface area (Å²) < 4.78 is 0. The molecule has 0 radical (unpaired) electrons. The molecule has 0 spiro atoms. The molecule has 0 saturated carbocycles. The minimum atomic E-state index is 0.679. The summed E-state index contributed by atoms with van der Waals surface area (Å²) >= 11 is 0. The molecule has 6 nitrogen and oxygen atoms in total. The highest BCUT2D eigenvalue weighted by atomic mass is 14.9. The Labute approximate surface area is 506 Å². The maximum atomic E-state index is 5.41. The Balaban J connectivity index is 0.710. The molecule has 0 amide bonds. The highest BCUT2D eigenvalue weighted by Crippen LogP contribution is 2.43. The molecule has 14 aromatic carbocycles. The Morgan fingerprint density at radius 2 is 0.477 bits per heavy atom. The van der Waals surface area contributed by atoms with Gasteiger partial charge in [-0.25, -0.2) is 19.9 Å². The lowest BCUT2D eigenvalue weighted by molar-refractivity contribution is 1.19. The van der Waals surface area contributed by atoms with Gasteiger partial charge in [-0.1, -0.05) is 231 Å². The van der Waals surface area contributed by atoms with E-state index >= 15 is 0 Å². The normalized spacial score (nSPS) is 11.9. The van der Waals surface area contributed by atoms with Crippen LogP contribution in [0.1, 0.15) is 0 Å². The van der Waals surface area contributed by atoms with E-state index in [0.717, 1.165) is 122 Å². The van der Waals surface area contributed by atoms with Crippen molar-refractivity contribution in [1.82, 2.24) is 29.9 Å². The first kappa shape index (κ1) is 49.6. The summed E-state index contributed by atoms with van der Waals surface area (Å²) in [5, 5.41) is 16.8. The maximum Gasteiger partial charge on any atom is 0.161 e. The zero-order valence-electron chi connectivity index (χ0n) is 47.4. The fraction of sp³-hybridized carbons (Fsp3) is 0. The maximum absolute atomic E-state index is 5.41. The average molecular weight is 1120 g/mol. The first-order valence-corrected chi connectivity index (χ1v) is 29.8. The number of hydrogen-bond acceptors (Lipinski definition) is 6. The van der Waals surface area contributed by atoms with Gasteiger partial charge >= 0.3 is 0 Å². The van der Waals surface area contributed by atoms with Crippen LogP contribution in [0.5, 0.6) is 0 Å². The van der Waals surface area contributed by atoms with Crippen LogP contribution >= 0.6 is 0 Å². The molecule has 0 atom stereocenters. The lowest BCUT2D eigenvalue weighted by Crippen LogP contribution is -1.97. The molecule has 406 valence electrons. The number of hydrogen-bond donors (Lipinski definition) is 0. The summed E-state index contributed by atoms with van der Waals surface area (Å²) in [6, 6.07) is 99.7. The van der Waals surface area contributed by atoms with E-state index in [1.54, 1.807) is 0 Å². The van der Waals surface area contributed by atoms with Gasteiger partial charge in [-0.3, -0.25) is 9.97 Å². The van der Waals surface area contributed by atoms with E-state index in [1.165, 1.54) is 53.9 Å². The lowest BCUT2D eigenvalue weighted by Gasteiger charge is -2.15. The molecule has 0 aliphatic heterocycles. The largest absolute Gasteiger partial charge is 0.256 e. The molecule has 0 N–H and O–H groups in total. The molecule has 0 bridgehead atoms. The van der Waals surface area contributed by atoms with Gasteiger partial charge in [0.05, 0.1) is 33.8 Å². The van der Waals surface area contributed by atoms with Crippen molar-refractivity contribution in [3.63, 3.8) is 0 Å². The zero-order valence-corrected chi connectivity index (χ0v) is 47.4. The Hall–Kier alpha value is -11.9. The van der Waals surface area contributed by atoms with Crippen LogP contribution in [-0.2, 0) is 0 Å². The van der Waals surface area contributed by atoms with Crippen molar-refractivity contribution in [3.05, 3.63) is 291 Å². The van der Waals surface area contributed by atoms with Gasteiger partial charge in [0.15, 0.2) is 11.6 Å². The number of aromatic nitrogens is 6. The SMILES string of the molecule is c1ccc2ncc(-c3ccc(-c4cc(-c5ccc(-c6ccc(-c7cc(-c8ccc(-c9cnc%10ccccc%10c9)cc8)nc(-c8ccc9ccc%10cccc%11ccc8c9c%10%11)n7)cc6)cc5)nc(-c5ccc6ccc7cccc8ccc5c6c78)n4)cc3)cc2c1. The minimum absolute atomic E-state index is 0.679. The number of fused-ring (bicyclic) bond motifs is 2. The smallest absolute Gasteiger partial charge is 0.161 e. The molecule has 0 aliphatic rings. The first-order valence-electron chi connectivity index (χ1n) is 29.8. The van der Waals surface area contributed by atoms with Crippen molar-refractivity contribution >= 4 is 86.4 Å². The molecule has 6 heteroatoms. The van der Waals surface area contributed by atoms with Crippen molar-refractivity contribution < 1.29 is 0 Å². The molecular weight excluding hydrogens is 1070 g/mol. The third-order valence-corrected chi connectivity index (χ3v) is 17.9. The topological polar surface area (TPSA) is 77.3 Å². The molecule has 4 heterocycles. The molecule has 88 heavy (non-hydrogen) atoms. The Morgan fingerprint density at radius 1 is 0.193 bits per heavy atom. The predicted octanol–water partition coefficient (Wildman–Crippen LogP) is 21.2. The van der Waals surface area contributed by atoms with Crippen molar-refractivity contribution in [3.8, 4) is 101 Å². The molecule has 4 aromatic heterocycles. The Morgan fingerprint density at radius 3 is 0.841 bits per heavy atom. The zero-order chi connectivity index (χ0) is 57.8.